The summed E-state index contributed by atoms with van der Waals surface area (Å²) in [6.45, 7) is 5.63. The fourth-order valence-corrected chi connectivity index (χ4v) is 2.28. The molecule has 4 heteroatoms. The van der Waals surface area contributed by atoms with Crippen molar-refractivity contribution >= 4 is 5.91 Å². The normalized spacial score (nSPS) is 27.3. The van der Waals surface area contributed by atoms with Gasteiger partial charge in [-0.1, -0.05) is 18.2 Å². The third kappa shape index (κ3) is 2.54. The van der Waals surface area contributed by atoms with Crippen molar-refractivity contribution in [2.24, 2.45) is 5.73 Å². The first-order valence-electron chi connectivity index (χ1n) is 6.27. The smallest absolute Gasteiger partial charge is 0.249 e. The minimum Gasteiger partial charge on any atom is -0.377 e. The van der Waals surface area contributed by atoms with E-state index in [1.54, 1.807) is 6.07 Å². The second-order valence-electron chi connectivity index (χ2n) is 5.06. The SMILES string of the molecule is CC1OCCC1(C)NCc1ccccc1C(N)=O. The Morgan fingerprint density at radius 2 is 2.28 bits per heavy atom. The molecule has 1 fully saturated rings. The molecule has 0 aromatic heterocycles. The maximum absolute atomic E-state index is 11.3. The van der Waals surface area contributed by atoms with E-state index in [1.807, 2.05) is 18.2 Å². The van der Waals surface area contributed by atoms with Gasteiger partial charge in [-0.2, -0.15) is 0 Å². The predicted molar refractivity (Wildman–Crippen MR) is 70.2 cm³/mol. The van der Waals surface area contributed by atoms with E-state index >= 15 is 0 Å². The topological polar surface area (TPSA) is 64.3 Å². The lowest BCUT2D eigenvalue weighted by atomic mass is 9.94. The predicted octanol–water partition coefficient (Wildman–Crippen LogP) is 1.44. The molecule has 1 amide bonds. The van der Waals surface area contributed by atoms with E-state index in [4.69, 9.17) is 10.5 Å². The van der Waals surface area contributed by atoms with Gasteiger partial charge in [0.25, 0.3) is 0 Å². The van der Waals surface area contributed by atoms with Crippen LogP contribution in [0, 0.1) is 0 Å². The maximum Gasteiger partial charge on any atom is 0.249 e. The second kappa shape index (κ2) is 5.08. The summed E-state index contributed by atoms with van der Waals surface area (Å²) < 4.78 is 5.58. The molecule has 1 aromatic carbocycles. The van der Waals surface area contributed by atoms with Gasteiger partial charge >= 0.3 is 0 Å². The average Bonchev–Trinajstić information content (AvgIpc) is 2.68. The van der Waals surface area contributed by atoms with Crippen LogP contribution >= 0.6 is 0 Å². The first-order valence-corrected chi connectivity index (χ1v) is 6.27. The molecule has 2 atom stereocenters. The Balaban J connectivity index is 2.09. The van der Waals surface area contributed by atoms with Gasteiger partial charge in [0.15, 0.2) is 0 Å². The Bertz CT molecular complexity index is 447. The minimum absolute atomic E-state index is 0.0369. The fraction of sp³-hybridized carbons (Fsp3) is 0.500. The zero-order valence-electron chi connectivity index (χ0n) is 10.9. The van der Waals surface area contributed by atoms with Crippen LogP contribution in [0.4, 0.5) is 0 Å². The third-order valence-electron chi connectivity index (χ3n) is 3.85. The van der Waals surface area contributed by atoms with Crippen LogP contribution in [0.2, 0.25) is 0 Å². The van der Waals surface area contributed by atoms with Crippen LogP contribution in [0.3, 0.4) is 0 Å². The van der Waals surface area contributed by atoms with Gasteiger partial charge in [-0.15, -0.1) is 0 Å². The molecule has 1 heterocycles. The molecule has 2 unspecified atom stereocenters. The zero-order valence-corrected chi connectivity index (χ0v) is 10.9. The van der Waals surface area contributed by atoms with Gasteiger partial charge in [-0.25, -0.2) is 0 Å². The van der Waals surface area contributed by atoms with Gasteiger partial charge in [0.2, 0.25) is 5.91 Å². The molecule has 0 spiro atoms. The van der Waals surface area contributed by atoms with Crippen molar-refractivity contribution in [3.63, 3.8) is 0 Å². The number of ether oxygens (including phenoxy) is 1. The van der Waals surface area contributed by atoms with Crippen molar-refractivity contribution in [3.05, 3.63) is 35.4 Å². The molecule has 2 rings (SSSR count). The highest BCUT2D eigenvalue weighted by atomic mass is 16.5. The van der Waals surface area contributed by atoms with Crippen molar-refractivity contribution < 1.29 is 9.53 Å². The molecule has 1 aromatic rings. The minimum atomic E-state index is -0.381. The number of nitrogens with one attached hydrogen (secondary N) is 1. The molecule has 0 radical (unpaired) electrons. The van der Waals surface area contributed by atoms with Gasteiger partial charge in [0, 0.05) is 24.3 Å². The van der Waals surface area contributed by atoms with E-state index in [2.05, 4.69) is 19.2 Å². The van der Waals surface area contributed by atoms with E-state index in [-0.39, 0.29) is 17.6 Å². The number of benzene rings is 1. The lowest BCUT2D eigenvalue weighted by molar-refractivity contribution is 0.0880. The van der Waals surface area contributed by atoms with E-state index in [9.17, 15) is 4.79 Å². The van der Waals surface area contributed by atoms with Gasteiger partial charge in [-0.3, -0.25) is 4.79 Å². The van der Waals surface area contributed by atoms with Crippen molar-refractivity contribution in [1.82, 2.24) is 5.32 Å². The molecule has 4 nitrogen and oxygen atoms in total. The van der Waals surface area contributed by atoms with E-state index in [0.29, 0.717) is 12.1 Å². The summed E-state index contributed by atoms with van der Waals surface area (Å²) >= 11 is 0. The molecule has 1 saturated heterocycles. The Kier molecular flexibility index (Phi) is 3.68. The standard InChI is InChI=1S/C14H20N2O2/c1-10-14(2,7-8-18-10)16-9-11-5-3-4-6-12(11)13(15)17/h3-6,10,16H,7-9H2,1-2H3,(H2,15,17). The second-order valence-corrected chi connectivity index (χ2v) is 5.06. The summed E-state index contributed by atoms with van der Waals surface area (Å²) in [6.07, 6.45) is 1.16. The quantitative estimate of drug-likeness (QED) is 0.847. The number of hydrogen-bond donors (Lipinski definition) is 2. The van der Waals surface area contributed by atoms with Crippen molar-refractivity contribution in [2.45, 2.75) is 38.5 Å². The lowest BCUT2D eigenvalue weighted by Crippen LogP contribution is -2.47. The number of hydrogen-bond acceptors (Lipinski definition) is 3. The molecule has 0 saturated carbocycles. The third-order valence-corrected chi connectivity index (χ3v) is 3.85. The Morgan fingerprint density at radius 3 is 2.89 bits per heavy atom. The van der Waals surface area contributed by atoms with Crippen LogP contribution < -0.4 is 11.1 Å². The molecular formula is C14H20N2O2. The first-order chi connectivity index (χ1) is 8.53. The molecule has 98 valence electrons. The molecule has 0 bridgehead atoms. The van der Waals surface area contributed by atoms with Crippen LogP contribution in [-0.2, 0) is 11.3 Å². The van der Waals surface area contributed by atoms with Crippen molar-refractivity contribution in [3.8, 4) is 0 Å². The number of rotatable bonds is 4. The number of amides is 1. The number of carbonyl (C=O) groups is 1. The Labute approximate surface area is 108 Å². The monoisotopic (exact) mass is 248 g/mol. The zero-order chi connectivity index (χ0) is 13.2. The molecular weight excluding hydrogens is 228 g/mol. The highest BCUT2D eigenvalue weighted by molar-refractivity contribution is 5.94. The first kappa shape index (κ1) is 13.1. The van der Waals surface area contributed by atoms with Gasteiger partial charge in [0.05, 0.1) is 6.10 Å². The maximum atomic E-state index is 11.3. The Hall–Kier alpha value is -1.39. The summed E-state index contributed by atoms with van der Waals surface area (Å²) in [4.78, 5) is 11.3. The number of carbonyl (C=O) groups excluding carboxylic acids is 1. The van der Waals surface area contributed by atoms with Crippen molar-refractivity contribution in [2.75, 3.05) is 6.61 Å². The van der Waals surface area contributed by atoms with Crippen LogP contribution in [0.15, 0.2) is 24.3 Å². The Morgan fingerprint density at radius 1 is 1.56 bits per heavy atom. The molecule has 18 heavy (non-hydrogen) atoms. The molecule has 0 aliphatic carbocycles. The van der Waals surface area contributed by atoms with Crippen LogP contribution in [0.25, 0.3) is 0 Å². The molecule has 1 aliphatic heterocycles. The molecule has 3 N–H and O–H groups in total. The number of primary amides is 1. The van der Waals surface area contributed by atoms with E-state index in [1.165, 1.54) is 0 Å². The van der Waals surface area contributed by atoms with Crippen LogP contribution in [0.5, 0.6) is 0 Å². The van der Waals surface area contributed by atoms with Crippen LogP contribution in [0.1, 0.15) is 36.2 Å². The van der Waals surface area contributed by atoms with E-state index in [0.717, 1.165) is 18.6 Å². The van der Waals surface area contributed by atoms with Gasteiger partial charge < -0.3 is 15.8 Å². The van der Waals surface area contributed by atoms with Gasteiger partial charge in [0.1, 0.15) is 0 Å². The lowest BCUT2D eigenvalue weighted by Gasteiger charge is -2.29. The summed E-state index contributed by atoms with van der Waals surface area (Å²) in [7, 11) is 0. The van der Waals surface area contributed by atoms with Crippen LogP contribution in [-0.4, -0.2) is 24.2 Å². The largest absolute Gasteiger partial charge is 0.377 e. The molecule has 1 aliphatic rings. The number of nitrogens with two attached hydrogens (primary N) is 1. The highest BCUT2D eigenvalue weighted by Gasteiger charge is 2.36. The van der Waals surface area contributed by atoms with Gasteiger partial charge in [-0.05, 0) is 31.9 Å². The summed E-state index contributed by atoms with van der Waals surface area (Å²) in [6, 6.07) is 7.43. The summed E-state index contributed by atoms with van der Waals surface area (Å²) in [5, 5.41) is 3.49. The summed E-state index contributed by atoms with van der Waals surface area (Å²) in [5.41, 5.74) is 6.85. The van der Waals surface area contributed by atoms with E-state index < -0.39 is 0 Å². The van der Waals surface area contributed by atoms with Crippen molar-refractivity contribution in [1.29, 1.82) is 0 Å². The highest BCUT2D eigenvalue weighted by Crippen LogP contribution is 2.25. The fourth-order valence-electron chi connectivity index (χ4n) is 2.28. The average molecular weight is 248 g/mol. The summed E-state index contributed by atoms with van der Waals surface area (Å²) in [5.74, 6) is -0.381.